The predicted octanol–water partition coefficient (Wildman–Crippen LogP) is 1.58. The first-order valence-electron chi connectivity index (χ1n) is 4.99. The van der Waals surface area contributed by atoms with Crippen LogP contribution in [0.5, 0.6) is 0 Å². The van der Waals surface area contributed by atoms with Crippen LogP contribution in [0.1, 0.15) is 12.7 Å². The molecule has 1 N–H and O–H groups in total. The van der Waals surface area contributed by atoms with Gasteiger partial charge < -0.3 is 9.73 Å². The van der Waals surface area contributed by atoms with Gasteiger partial charge >= 0.3 is 0 Å². The number of carbonyl (C=O) groups excluding carboxylic acids is 1. The van der Waals surface area contributed by atoms with Crippen LogP contribution >= 0.6 is 11.8 Å². The van der Waals surface area contributed by atoms with E-state index in [-0.39, 0.29) is 11.9 Å². The summed E-state index contributed by atoms with van der Waals surface area (Å²) in [7, 11) is 0. The van der Waals surface area contributed by atoms with Crippen molar-refractivity contribution in [2.45, 2.75) is 19.4 Å². The predicted molar refractivity (Wildman–Crippen MR) is 63.0 cm³/mol. The molecule has 0 aliphatic carbocycles. The summed E-state index contributed by atoms with van der Waals surface area (Å²) in [6.45, 7) is 1.93. The van der Waals surface area contributed by atoms with Gasteiger partial charge in [-0.15, -0.1) is 11.8 Å². The van der Waals surface area contributed by atoms with Crippen LogP contribution in [0.3, 0.4) is 0 Å². The van der Waals surface area contributed by atoms with Crippen LogP contribution < -0.4 is 5.32 Å². The second kappa shape index (κ2) is 6.96. The molecule has 0 aliphatic heterocycles. The Morgan fingerprint density at radius 3 is 3.19 bits per heavy atom. The fourth-order valence-corrected chi connectivity index (χ4v) is 1.75. The average Bonchev–Trinajstić information content (AvgIpc) is 2.70. The highest BCUT2D eigenvalue weighted by Gasteiger charge is 2.09. The molecular formula is C11H14N2O2S. The molecule has 0 bridgehead atoms. The first kappa shape index (κ1) is 12.7. The van der Waals surface area contributed by atoms with E-state index in [1.807, 2.05) is 25.1 Å². The van der Waals surface area contributed by atoms with Gasteiger partial charge in [0.25, 0.3) is 0 Å². The second-order valence-corrected chi connectivity index (χ2v) is 4.39. The molecule has 0 aliphatic rings. The molecule has 0 saturated carbocycles. The van der Waals surface area contributed by atoms with E-state index in [1.54, 1.807) is 6.26 Å². The molecule has 0 saturated heterocycles. The number of amides is 1. The van der Waals surface area contributed by atoms with Gasteiger partial charge in [-0.05, 0) is 19.1 Å². The molecule has 1 heterocycles. The summed E-state index contributed by atoms with van der Waals surface area (Å²) in [4.78, 5) is 11.4. The van der Waals surface area contributed by atoms with E-state index in [0.29, 0.717) is 17.9 Å². The van der Waals surface area contributed by atoms with E-state index in [1.165, 1.54) is 11.8 Å². The SMILES string of the molecule is CC(Cc1ccco1)NC(=O)CSCC#N. The summed E-state index contributed by atoms with van der Waals surface area (Å²) < 4.78 is 5.18. The monoisotopic (exact) mass is 238 g/mol. The molecule has 0 aromatic carbocycles. The number of thioether (sulfide) groups is 1. The number of nitriles is 1. The largest absolute Gasteiger partial charge is 0.469 e. The fraction of sp³-hybridized carbons (Fsp3) is 0.455. The van der Waals surface area contributed by atoms with Gasteiger partial charge in [0.15, 0.2) is 0 Å². The smallest absolute Gasteiger partial charge is 0.230 e. The number of hydrogen-bond acceptors (Lipinski definition) is 4. The number of nitrogens with one attached hydrogen (secondary N) is 1. The van der Waals surface area contributed by atoms with Crippen LogP contribution in [0, 0.1) is 11.3 Å². The lowest BCUT2D eigenvalue weighted by Gasteiger charge is -2.11. The molecule has 1 rings (SSSR count). The van der Waals surface area contributed by atoms with E-state index >= 15 is 0 Å². The van der Waals surface area contributed by atoms with Crippen molar-refractivity contribution in [1.29, 1.82) is 5.26 Å². The Balaban J connectivity index is 2.21. The van der Waals surface area contributed by atoms with Crippen molar-refractivity contribution in [2.24, 2.45) is 0 Å². The molecule has 1 amide bonds. The topological polar surface area (TPSA) is 66.0 Å². The summed E-state index contributed by atoms with van der Waals surface area (Å²) in [6.07, 6.45) is 2.30. The fourth-order valence-electron chi connectivity index (χ4n) is 1.29. The highest BCUT2D eigenvalue weighted by atomic mass is 32.2. The van der Waals surface area contributed by atoms with Crippen molar-refractivity contribution < 1.29 is 9.21 Å². The maximum absolute atomic E-state index is 11.4. The maximum Gasteiger partial charge on any atom is 0.230 e. The Bertz CT molecular complexity index is 357. The van der Waals surface area contributed by atoms with Crippen molar-refractivity contribution in [3.63, 3.8) is 0 Å². The minimum Gasteiger partial charge on any atom is -0.469 e. The lowest BCUT2D eigenvalue weighted by atomic mass is 10.2. The van der Waals surface area contributed by atoms with E-state index in [2.05, 4.69) is 5.32 Å². The molecule has 1 unspecified atom stereocenters. The van der Waals surface area contributed by atoms with Crippen molar-refractivity contribution >= 4 is 17.7 Å². The molecule has 0 radical (unpaired) electrons. The molecule has 16 heavy (non-hydrogen) atoms. The lowest BCUT2D eigenvalue weighted by molar-refractivity contribution is -0.119. The van der Waals surface area contributed by atoms with Gasteiger partial charge in [-0.25, -0.2) is 0 Å². The van der Waals surface area contributed by atoms with Gasteiger partial charge in [0, 0.05) is 12.5 Å². The Labute approximate surface area is 99.0 Å². The van der Waals surface area contributed by atoms with Gasteiger partial charge in [-0.2, -0.15) is 5.26 Å². The highest BCUT2D eigenvalue weighted by Crippen LogP contribution is 2.04. The first-order valence-corrected chi connectivity index (χ1v) is 6.14. The van der Waals surface area contributed by atoms with Crippen LogP contribution in [0.15, 0.2) is 22.8 Å². The molecule has 86 valence electrons. The third-order valence-electron chi connectivity index (χ3n) is 1.89. The number of hydrogen-bond donors (Lipinski definition) is 1. The normalized spacial score (nSPS) is 11.8. The Morgan fingerprint density at radius 2 is 2.56 bits per heavy atom. The number of furan rings is 1. The van der Waals surface area contributed by atoms with Crippen LogP contribution in [0.2, 0.25) is 0 Å². The Hall–Kier alpha value is -1.41. The van der Waals surface area contributed by atoms with Crippen molar-refractivity contribution in [3.05, 3.63) is 24.2 Å². The van der Waals surface area contributed by atoms with Gasteiger partial charge in [-0.1, -0.05) is 0 Å². The van der Waals surface area contributed by atoms with Crippen molar-refractivity contribution in [2.75, 3.05) is 11.5 Å². The molecule has 4 nitrogen and oxygen atoms in total. The molecular weight excluding hydrogens is 224 g/mol. The third kappa shape index (κ3) is 4.89. The minimum absolute atomic E-state index is 0.0423. The standard InChI is InChI=1S/C11H14N2O2S/c1-9(7-10-3-2-5-15-10)13-11(14)8-16-6-4-12/h2-3,5,9H,6-8H2,1H3,(H,13,14). The zero-order valence-corrected chi connectivity index (χ0v) is 9.92. The minimum atomic E-state index is -0.0423. The zero-order chi connectivity index (χ0) is 11.8. The van der Waals surface area contributed by atoms with Crippen LogP contribution in [-0.2, 0) is 11.2 Å². The first-order chi connectivity index (χ1) is 7.72. The van der Waals surface area contributed by atoms with Crippen LogP contribution in [-0.4, -0.2) is 23.5 Å². The summed E-state index contributed by atoms with van der Waals surface area (Å²) in [5.74, 6) is 1.49. The summed E-state index contributed by atoms with van der Waals surface area (Å²) in [5, 5.41) is 11.2. The number of carbonyl (C=O) groups is 1. The molecule has 1 aromatic heterocycles. The summed E-state index contributed by atoms with van der Waals surface area (Å²) >= 11 is 1.31. The maximum atomic E-state index is 11.4. The van der Waals surface area contributed by atoms with Gasteiger partial charge in [0.2, 0.25) is 5.91 Å². The van der Waals surface area contributed by atoms with Gasteiger partial charge in [-0.3, -0.25) is 4.79 Å². The number of rotatable bonds is 6. The van der Waals surface area contributed by atoms with E-state index < -0.39 is 0 Å². The third-order valence-corrected chi connectivity index (χ3v) is 2.69. The number of nitrogens with zero attached hydrogens (tertiary/aromatic N) is 1. The molecule has 0 fully saturated rings. The molecule has 1 atom stereocenters. The quantitative estimate of drug-likeness (QED) is 0.764. The lowest BCUT2D eigenvalue weighted by Crippen LogP contribution is -2.35. The summed E-state index contributed by atoms with van der Waals surface area (Å²) in [5.41, 5.74) is 0. The molecule has 1 aromatic rings. The molecule has 0 spiro atoms. The van der Waals surface area contributed by atoms with E-state index in [4.69, 9.17) is 9.68 Å². The van der Waals surface area contributed by atoms with Gasteiger partial charge in [0.05, 0.1) is 23.8 Å². The van der Waals surface area contributed by atoms with Crippen molar-refractivity contribution in [1.82, 2.24) is 5.32 Å². The van der Waals surface area contributed by atoms with Crippen LogP contribution in [0.25, 0.3) is 0 Å². The van der Waals surface area contributed by atoms with Crippen molar-refractivity contribution in [3.8, 4) is 6.07 Å². The van der Waals surface area contributed by atoms with E-state index in [0.717, 1.165) is 5.76 Å². The average molecular weight is 238 g/mol. The highest BCUT2D eigenvalue weighted by molar-refractivity contribution is 8.00. The zero-order valence-electron chi connectivity index (χ0n) is 9.10. The van der Waals surface area contributed by atoms with Crippen LogP contribution in [0.4, 0.5) is 0 Å². The molecule has 5 heteroatoms. The Morgan fingerprint density at radius 1 is 1.75 bits per heavy atom. The Kier molecular flexibility index (Phi) is 5.51. The van der Waals surface area contributed by atoms with E-state index in [9.17, 15) is 4.79 Å². The van der Waals surface area contributed by atoms with Gasteiger partial charge in [0.1, 0.15) is 5.76 Å². The second-order valence-electron chi connectivity index (χ2n) is 3.40. The summed E-state index contributed by atoms with van der Waals surface area (Å²) in [6, 6.07) is 5.73.